The molecule has 148 valence electrons. The van der Waals surface area contributed by atoms with Crippen LogP contribution < -0.4 is 11.1 Å². The van der Waals surface area contributed by atoms with E-state index < -0.39 is 28.8 Å². The fourth-order valence-electron chi connectivity index (χ4n) is 2.33. The van der Waals surface area contributed by atoms with E-state index in [9.17, 15) is 24.5 Å². The van der Waals surface area contributed by atoms with E-state index in [0.29, 0.717) is 0 Å². The van der Waals surface area contributed by atoms with E-state index in [1.807, 2.05) is 0 Å². The molecule has 2 rings (SSSR count). The molecule has 1 aromatic heterocycles. The van der Waals surface area contributed by atoms with Crippen LogP contribution in [0.4, 0.5) is 10.7 Å². The fraction of sp³-hybridized carbons (Fsp3) is 0.235. The molecule has 0 aliphatic carbocycles. The van der Waals surface area contributed by atoms with E-state index in [0.717, 1.165) is 23.5 Å². The number of ether oxygens (including phenoxy) is 1. The maximum Gasteiger partial charge on any atom is 0.341 e. The van der Waals surface area contributed by atoms with Crippen molar-refractivity contribution in [2.75, 3.05) is 5.32 Å². The Labute approximate surface area is 168 Å². The average molecular weight is 426 g/mol. The molecular weight excluding hydrogens is 410 g/mol. The second-order valence-electron chi connectivity index (χ2n) is 5.95. The normalized spacial score (nSPS) is 10.6. The van der Waals surface area contributed by atoms with Crippen LogP contribution in [0.2, 0.25) is 5.02 Å². The largest absolute Gasteiger partial charge is 0.459 e. The van der Waals surface area contributed by atoms with Crippen LogP contribution in [0.3, 0.4) is 0 Å². The van der Waals surface area contributed by atoms with Gasteiger partial charge in [-0.1, -0.05) is 11.6 Å². The molecule has 3 N–H and O–H groups in total. The molecule has 0 saturated heterocycles. The van der Waals surface area contributed by atoms with Gasteiger partial charge in [-0.15, -0.1) is 11.3 Å². The number of esters is 1. The number of hydrogen-bond acceptors (Lipinski definition) is 7. The van der Waals surface area contributed by atoms with Gasteiger partial charge in [-0.2, -0.15) is 0 Å². The number of nitrogens with zero attached hydrogens (tertiary/aromatic N) is 1. The third-order valence-electron chi connectivity index (χ3n) is 3.55. The SMILES string of the molecule is Cc1c(C(N)=O)sc(NC(=O)c2cc([N+](=O)[O-])ccc2Cl)c1C(=O)OC(C)C. The van der Waals surface area contributed by atoms with Crippen molar-refractivity contribution >= 4 is 51.4 Å². The van der Waals surface area contributed by atoms with Gasteiger partial charge >= 0.3 is 5.97 Å². The van der Waals surface area contributed by atoms with Gasteiger partial charge in [-0.25, -0.2) is 4.79 Å². The number of thiophene rings is 1. The first-order chi connectivity index (χ1) is 13.0. The first-order valence-corrected chi connectivity index (χ1v) is 9.11. The summed E-state index contributed by atoms with van der Waals surface area (Å²) in [7, 11) is 0. The summed E-state index contributed by atoms with van der Waals surface area (Å²) in [4.78, 5) is 47.0. The van der Waals surface area contributed by atoms with Crippen LogP contribution in [0, 0.1) is 17.0 Å². The Balaban J connectivity index is 2.48. The van der Waals surface area contributed by atoms with Crippen molar-refractivity contribution in [2.45, 2.75) is 26.9 Å². The van der Waals surface area contributed by atoms with E-state index in [1.54, 1.807) is 13.8 Å². The van der Waals surface area contributed by atoms with Crippen molar-refractivity contribution in [1.82, 2.24) is 0 Å². The van der Waals surface area contributed by atoms with Crippen molar-refractivity contribution in [1.29, 1.82) is 0 Å². The number of anilines is 1. The number of halogens is 1. The zero-order valence-electron chi connectivity index (χ0n) is 15.1. The average Bonchev–Trinajstić information content (AvgIpc) is 2.90. The van der Waals surface area contributed by atoms with E-state index >= 15 is 0 Å². The minimum absolute atomic E-state index is 0.0117. The number of nitrogens with one attached hydrogen (secondary N) is 1. The molecule has 2 aromatic rings. The van der Waals surface area contributed by atoms with Crippen molar-refractivity contribution in [3.63, 3.8) is 0 Å². The number of non-ortho nitro benzene ring substituents is 1. The number of carbonyl (C=O) groups excluding carboxylic acids is 3. The number of hydrogen-bond donors (Lipinski definition) is 2. The lowest BCUT2D eigenvalue weighted by Gasteiger charge is -2.11. The van der Waals surface area contributed by atoms with Crippen molar-refractivity contribution in [2.24, 2.45) is 5.73 Å². The number of nitro benzene ring substituents is 1. The van der Waals surface area contributed by atoms with Crippen molar-refractivity contribution in [3.8, 4) is 0 Å². The Morgan fingerprint density at radius 3 is 2.50 bits per heavy atom. The molecule has 0 unspecified atom stereocenters. The lowest BCUT2D eigenvalue weighted by molar-refractivity contribution is -0.384. The second-order valence-corrected chi connectivity index (χ2v) is 7.38. The van der Waals surface area contributed by atoms with Gasteiger partial charge in [0, 0.05) is 12.1 Å². The van der Waals surface area contributed by atoms with Gasteiger partial charge < -0.3 is 15.8 Å². The Hall–Kier alpha value is -2.98. The topological polar surface area (TPSA) is 142 Å². The first-order valence-electron chi connectivity index (χ1n) is 7.92. The molecule has 0 atom stereocenters. The van der Waals surface area contributed by atoms with Gasteiger partial charge in [0.15, 0.2) is 0 Å². The zero-order valence-corrected chi connectivity index (χ0v) is 16.6. The number of benzene rings is 1. The van der Waals surface area contributed by atoms with Crippen LogP contribution in [0.15, 0.2) is 18.2 Å². The first kappa shape index (κ1) is 21.3. The molecule has 0 spiro atoms. The minimum Gasteiger partial charge on any atom is -0.459 e. The smallest absolute Gasteiger partial charge is 0.341 e. The Morgan fingerprint density at radius 2 is 1.96 bits per heavy atom. The molecule has 0 aliphatic heterocycles. The minimum atomic E-state index is -0.787. The number of nitrogens with two attached hydrogens (primary N) is 1. The number of rotatable bonds is 6. The predicted molar refractivity (Wildman–Crippen MR) is 104 cm³/mol. The molecule has 0 radical (unpaired) electrons. The molecule has 9 nitrogen and oxygen atoms in total. The molecule has 0 bridgehead atoms. The van der Waals surface area contributed by atoms with E-state index in [1.165, 1.54) is 13.0 Å². The quantitative estimate of drug-likeness (QED) is 0.411. The van der Waals surface area contributed by atoms with Crippen LogP contribution in [-0.2, 0) is 4.74 Å². The molecular formula is C17H16ClN3O6S. The summed E-state index contributed by atoms with van der Waals surface area (Å²) in [5.41, 5.74) is 5.10. The summed E-state index contributed by atoms with van der Waals surface area (Å²) in [6, 6.07) is 3.39. The Kier molecular flexibility index (Phi) is 6.37. The third-order valence-corrected chi connectivity index (χ3v) is 5.10. The van der Waals surface area contributed by atoms with E-state index in [4.69, 9.17) is 22.1 Å². The Bertz CT molecular complexity index is 986. The van der Waals surface area contributed by atoms with Gasteiger partial charge in [0.1, 0.15) is 5.00 Å². The number of primary amides is 1. The fourth-order valence-corrected chi connectivity index (χ4v) is 3.57. The van der Waals surface area contributed by atoms with Gasteiger partial charge in [0.05, 0.1) is 32.1 Å². The van der Waals surface area contributed by atoms with Gasteiger partial charge in [-0.3, -0.25) is 19.7 Å². The lowest BCUT2D eigenvalue weighted by Crippen LogP contribution is -2.17. The monoisotopic (exact) mass is 425 g/mol. The van der Waals surface area contributed by atoms with Crippen LogP contribution in [0.1, 0.15) is 49.8 Å². The second kappa shape index (κ2) is 8.36. The van der Waals surface area contributed by atoms with Gasteiger partial charge in [0.25, 0.3) is 17.5 Å². The highest BCUT2D eigenvalue weighted by Crippen LogP contribution is 2.34. The summed E-state index contributed by atoms with van der Waals surface area (Å²) in [5.74, 6) is -2.30. The highest BCUT2D eigenvalue weighted by atomic mass is 35.5. The standard InChI is InChI=1S/C17H16ClN3O6S/c1-7(2)27-17(24)12-8(3)13(14(19)22)28-16(12)20-15(23)10-6-9(21(25)26)4-5-11(10)18/h4-7H,1-3H3,(H2,19,22)(H,20,23). The van der Waals surface area contributed by atoms with Gasteiger partial charge in [0.2, 0.25) is 0 Å². The van der Waals surface area contributed by atoms with Crippen molar-refractivity contribution in [3.05, 3.63) is 54.9 Å². The van der Waals surface area contributed by atoms with Crippen LogP contribution >= 0.6 is 22.9 Å². The molecule has 28 heavy (non-hydrogen) atoms. The lowest BCUT2D eigenvalue weighted by atomic mass is 10.1. The number of nitro groups is 1. The summed E-state index contributed by atoms with van der Waals surface area (Å²) in [6.07, 6.45) is -0.432. The zero-order chi connectivity index (χ0) is 21.2. The van der Waals surface area contributed by atoms with Crippen LogP contribution in [-0.4, -0.2) is 28.8 Å². The predicted octanol–water partition coefficient (Wildman–Crippen LogP) is 3.53. The molecule has 1 aromatic carbocycles. The molecule has 0 fully saturated rings. The highest BCUT2D eigenvalue weighted by Gasteiger charge is 2.27. The molecule has 0 saturated carbocycles. The van der Waals surface area contributed by atoms with Crippen LogP contribution in [0.25, 0.3) is 0 Å². The number of carbonyl (C=O) groups is 3. The number of amides is 2. The van der Waals surface area contributed by atoms with Gasteiger partial charge in [-0.05, 0) is 32.4 Å². The van der Waals surface area contributed by atoms with Crippen molar-refractivity contribution < 1.29 is 24.0 Å². The Morgan fingerprint density at radius 1 is 1.32 bits per heavy atom. The maximum absolute atomic E-state index is 12.6. The highest BCUT2D eigenvalue weighted by molar-refractivity contribution is 7.18. The van der Waals surface area contributed by atoms with E-state index in [-0.39, 0.29) is 37.3 Å². The van der Waals surface area contributed by atoms with Crippen LogP contribution in [0.5, 0.6) is 0 Å². The molecule has 11 heteroatoms. The molecule has 0 aliphatic rings. The third kappa shape index (κ3) is 4.46. The van der Waals surface area contributed by atoms with E-state index in [2.05, 4.69) is 5.32 Å². The molecule has 1 heterocycles. The summed E-state index contributed by atoms with van der Waals surface area (Å²) >= 11 is 6.78. The summed E-state index contributed by atoms with van der Waals surface area (Å²) in [6.45, 7) is 4.80. The maximum atomic E-state index is 12.6. The summed E-state index contributed by atoms with van der Waals surface area (Å²) < 4.78 is 5.16. The molecule has 2 amide bonds. The summed E-state index contributed by atoms with van der Waals surface area (Å²) in [5, 5.41) is 13.4.